The third-order valence-electron chi connectivity index (χ3n) is 4.45. The fourth-order valence-corrected chi connectivity index (χ4v) is 4.76. The van der Waals surface area contributed by atoms with E-state index >= 15 is 0 Å². The first-order valence-corrected chi connectivity index (χ1v) is 9.43. The molecule has 124 valence electrons. The SMILES string of the molecule is O=S(=O)(Cc1ccccc1)N1CCn2c(cc3cc(F)ccc32)C1. The van der Waals surface area contributed by atoms with Gasteiger partial charge in [0, 0.05) is 29.7 Å². The van der Waals surface area contributed by atoms with Gasteiger partial charge in [0.15, 0.2) is 0 Å². The van der Waals surface area contributed by atoms with Gasteiger partial charge in [-0.1, -0.05) is 30.3 Å². The van der Waals surface area contributed by atoms with Crippen molar-refractivity contribution in [1.82, 2.24) is 8.87 Å². The Kier molecular flexibility index (Phi) is 3.66. The molecular weight excluding hydrogens is 327 g/mol. The molecule has 1 aromatic heterocycles. The number of rotatable bonds is 3. The minimum Gasteiger partial charge on any atom is -0.342 e. The average Bonchev–Trinajstić information content (AvgIpc) is 2.91. The van der Waals surface area contributed by atoms with E-state index in [1.807, 2.05) is 36.4 Å². The van der Waals surface area contributed by atoms with Crippen LogP contribution in [0.2, 0.25) is 0 Å². The van der Waals surface area contributed by atoms with Gasteiger partial charge in [-0.25, -0.2) is 12.8 Å². The normalized spacial score (nSPS) is 15.5. The van der Waals surface area contributed by atoms with Crippen LogP contribution in [0.25, 0.3) is 10.9 Å². The van der Waals surface area contributed by atoms with Crippen LogP contribution in [0.15, 0.2) is 54.6 Å². The quantitative estimate of drug-likeness (QED) is 0.733. The van der Waals surface area contributed by atoms with Gasteiger partial charge in [0.05, 0.1) is 12.3 Å². The van der Waals surface area contributed by atoms with E-state index < -0.39 is 10.0 Å². The second-order valence-corrected chi connectivity index (χ2v) is 8.03. The number of hydrogen-bond acceptors (Lipinski definition) is 2. The van der Waals surface area contributed by atoms with Gasteiger partial charge in [-0.3, -0.25) is 0 Å². The predicted octanol–water partition coefficient (Wildman–Crippen LogP) is 3.13. The van der Waals surface area contributed by atoms with Crippen molar-refractivity contribution in [2.75, 3.05) is 6.54 Å². The number of nitrogens with zero attached hydrogens (tertiary/aromatic N) is 2. The maximum atomic E-state index is 13.4. The molecule has 2 heterocycles. The van der Waals surface area contributed by atoms with Crippen molar-refractivity contribution in [1.29, 1.82) is 0 Å². The van der Waals surface area contributed by atoms with Crippen molar-refractivity contribution in [2.45, 2.75) is 18.8 Å². The maximum Gasteiger partial charge on any atom is 0.218 e. The highest BCUT2D eigenvalue weighted by Crippen LogP contribution is 2.26. The summed E-state index contributed by atoms with van der Waals surface area (Å²) in [7, 11) is -3.38. The van der Waals surface area contributed by atoms with Crippen LogP contribution in [0, 0.1) is 5.82 Å². The standard InChI is InChI=1S/C18H17FN2O2S/c19-16-6-7-18-15(10-16)11-17-12-20(8-9-21(17)18)24(22,23)13-14-4-2-1-3-5-14/h1-7,10-11H,8-9,12-13H2. The van der Waals surface area contributed by atoms with E-state index in [0.29, 0.717) is 19.6 Å². The van der Waals surface area contributed by atoms with Crippen LogP contribution in [0.5, 0.6) is 0 Å². The topological polar surface area (TPSA) is 42.3 Å². The third kappa shape index (κ3) is 2.72. The zero-order valence-electron chi connectivity index (χ0n) is 13.0. The molecule has 0 amide bonds. The largest absolute Gasteiger partial charge is 0.342 e. The van der Waals surface area contributed by atoms with Crippen LogP contribution in [-0.2, 0) is 28.9 Å². The Hall–Kier alpha value is -2.18. The Morgan fingerprint density at radius 1 is 1.00 bits per heavy atom. The van der Waals surface area contributed by atoms with Gasteiger partial charge in [0.1, 0.15) is 5.82 Å². The first-order chi connectivity index (χ1) is 11.5. The summed E-state index contributed by atoms with van der Waals surface area (Å²) in [6.45, 7) is 1.34. The highest BCUT2D eigenvalue weighted by atomic mass is 32.2. The molecule has 0 unspecified atom stereocenters. The first kappa shape index (κ1) is 15.4. The monoisotopic (exact) mass is 344 g/mol. The number of hydrogen-bond donors (Lipinski definition) is 0. The Bertz CT molecular complexity index is 997. The summed E-state index contributed by atoms with van der Waals surface area (Å²) in [5, 5.41) is 0.812. The molecule has 6 heteroatoms. The van der Waals surface area contributed by atoms with E-state index in [-0.39, 0.29) is 11.6 Å². The van der Waals surface area contributed by atoms with Crippen molar-refractivity contribution >= 4 is 20.9 Å². The smallest absolute Gasteiger partial charge is 0.218 e. The summed E-state index contributed by atoms with van der Waals surface area (Å²) >= 11 is 0. The van der Waals surface area contributed by atoms with Gasteiger partial charge < -0.3 is 4.57 Å². The molecule has 3 aromatic rings. The lowest BCUT2D eigenvalue weighted by molar-refractivity contribution is 0.345. The molecule has 0 radical (unpaired) electrons. The summed E-state index contributed by atoms with van der Waals surface area (Å²) < 4.78 is 42.4. The molecular formula is C18H17FN2O2S. The molecule has 4 rings (SSSR count). The van der Waals surface area contributed by atoms with Crippen LogP contribution in [-0.4, -0.2) is 23.8 Å². The van der Waals surface area contributed by atoms with Crippen LogP contribution in [0.3, 0.4) is 0 Å². The Labute approximate surface area is 140 Å². The van der Waals surface area contributed by atoms with Gasteiger partial charge >= 0.3 is 0 Å². The van der Waals surface area contributed by atoms with Crippen molar-refractivity contribution in [3.8, 4) is 0 Å². The van der Waals surface area contributed by atoms with Gasteiger partial charge in [0.25, 0.3) is 0 Å². The molecule has 0 spiro atoms. The summed E-state index contributed by atoms with van der Waals surface area (Å²) in [5.41, 5.74) is 2.63. The number of halogens is 1. The third-order valence-corrected chi connectivity index (χ3v) is 6.24. The zero-order valence-corrected chi connectivity index (χ0v) is 13.8. The molecule has 0 aliphatic carbocycles. The van der Waals surface area contributed by atoms with Gasteiger partial charge in [-0.2, -0.15) is 4.31 Å². The maximum absolute atomic E-state index is 13.4. The molecule has 1 aliphatic heterocycles. The molecule has 2 aromatic carbocycles. The van der Waals surface area contributed by atoms with Gasteiger partial charge in [-0.15, -0.1) is 0 Å². The van der Waals surface area contributed by atoms with Gasteiger partial charge in [-0.05, 0) is 29.8 Å². The molecule has 0 fully saturated rings. The van der Waals surface area contributed by atoms with E-state index in [1.165, 1.54) is 16.4 Å². The van der Waals surface area contributed by atoms with Crippen LogP contribution in [0.4, 0.5) is 4.39 Å². The Morgan fingerprint density at radius 2 is 1.79 bits per heavy atom. The highest BCUT2D eigenvalue weighted by molar-refractivity contribution is 7.88. The summed E-state index contributed by atoms with van der Waals surface area (Å²) in [6.07, 6.45) is 0. The van der Waals surface area contributed by atoms with E-state index in [4.69, 9.17) is 0 Å². The molecule has 1 aliphatic rings. The summed E-state index contributed by atoms with van der Waals surface area (Å²) in [4.78, 5) is 0. The fourth-order valence-electron chi connectivity index (χ4n) is 3.28. The number of aromatic nitrogens is 1. The molecule has 0 bridgehead atoms. The Balaban J connectivity index is 1.63. The van der Waals surface area contributed by atoms with Crippen molar-refractivity contribution < 1.29 is 12.8 Å². The lowest BCUT2D eigenvalue weighted by Crippen LogP contribution is -2.38. The van der Waals surface area contributed by atoms with Crippen molar-refractivity contribution in [2.24, 2.45) is 0 Å². The molecule has 0 atom stereocenters. The molecule has 0 N–H and O–H groups in total. The number of fused-ring (bicyclic) bond motifs is 3. The van der Waals surface area contributed by atoms with Crippen molar-refractivity contribution in [3.05, 3.63) is 71.7 Å². The molecule has 24 heavy (non-hydrogen) atoms. The lowest BCUT2D eigenvalue weighted by Gasteiger charge is -2.28. The number of sulfonamides is 1. The second-order valence-electron chi connectivity index (χ2n) is 6.07. The first-order valence-electron chi connectivity index (χ1n) is 7.82. The minimum absolute atomic E-state index is 0.00268. The van der Waals surface area contributed by atoms with E-state index in [1.54, 1.807) is 6.07 Å². The van der Waals surface area contributed by atoms with Crippen LogP contribution < -0.4 is 0 Å². The lowest BCUT2D eigenvalue weighted by atomic mass is 10.2. The molecule has 0 saturated heterocycles. The van der Waals surface area contributed by atoms with E-state index in [9.17, 15) is 12.8 Å². The summed E-state index contributed by atoms with van der Waals surface area (Å²) in [5.74, 6) is -0.276. The predicted molar refractivity (Wildman–Crippen MR) is 91.4 cm³/mol. The van der Waals surface area contributed by atoms with E-state index in [2.05, 4.69) is 4.57 Å². The number of benzene rings is 2. The summed E-state index contributed by atoms with van der Waals surface area (Å²) in [6, 6.07) is 15.8. The second kappa shape index (κ2) is 5.72. The van der Waals surface area contributed by atoms with Gasteiger partial charge in [0.2, 0.25) is 10.0 Å². The van der Waals surface area contributed by atoms with Crippen LogP contribution in [0.1, 0.15) is 11.3 Å². The average molecular weight is 344 g/mol. The zero-order chi connectivity index (χ0) is 16.7. The Morgan fingerprint density at radius 3 is 2.58 bits per heavy atom. The van der Waals surface area contributed by atoms with Crippen LogP contribution >= 0.6 is 0 Å². The van der Waals surface area contributed by atoms with E-state index in [0.717, 1.165) is 22.2 Å². The molecule has 0 saturated carbocycles. The molecule has 4 nitrogen and oxygen atoms in total. The fraction of sp³-hybridized carbons (Fsp3) is 0.222. The minimum atomic E-state index is -3.38. The highest BCUT2D eigenvalue weighted by Gasteiger charge is 2.28. The van der Waals surface area contributed by atoms with Crippen molar-refractivity contribution in [3.63, 3.8) is 0 Å².